The van der Waals surface area contributed by atoms with Gasteiger partial charge in [0.1, 0.15) is 0 Å². The van der Waals surface area contributed by atoms with Crippen molar-refractivity contribution in [2.75, 3.05) is 5.32 Å². The molecule has 160 valence electrons. The molecule has 1 heterocycles. The minimum atomic E-state index is -0.918. The van der Waals surface area contributed by atoms with Crippen molar-refractivity contribution in [2.24, 2.45) is 0 Å². The number of hydrogen-bond acceptors (Lipinski definition) is 4. The normalized spacial score (nSPS) is 12.1. The average molecular weight is 418 g/mol. The first-order valence-electron chi connectivity index (χ1n) is 10.3. The van der Waals surface area contributed by atoms with Gasteiger partial charge in [0.05, 0.1) is 12.7 Å². The first-order valence-corrected chi connectivity index (χ1v) is 10.3. The summed E-state index contributed by atoms with van der Waals surface area (Å²) in [6, 6.07) is 17.6. The van der Waals surface area contributed by atoms with Crippen LogP contribution in [-0.4, -0.2) is 27.8 Å². The lowest BCUT2D eigenvalue weighted by atomic mass is 10.0. The molecule has 0 spiro atoms. The highest BCUT2D eigenvalue weighted by atomic mass is 16.5. The number of carbonyl (C=O) groups excluding carboxylic acids is 2. The molecule has 0 saturated carbocycles. The summed E-state index contributed by atoms with van der Waals surface area (Å²) < 4.78 is 7.04. The SMILES string of the molecule is CC(C)c1ccccc1NC(=O)[C@@H](C)OC(=O)/C=C/c1cnn(Cc2ccccc2)c1. The third kappa shape index (κ3) is 6.40. The zero-order valence-corrected chi connectivity index (χ0v) is 18.0. The zero-order chi connectivity index (χ0) is 22.2. The summed E-state index contributed by atoms with van der Waals surface area (Å²) >= 11 is 0. The smallest absolute Gasteiger partial charge is 0.331 e. The third-order valence-corrected chi connectivity index (χ3v) is 4.76. The molecule has 0 bridgehead atoms. The highest BCUT2D eigenvalue weighted by Crippen LogP contribution is 2.23. The van der Waals surface area contributed by atoms with Crippen LogP contribution < -0.4 is 5.32 Å². The summed E-state index contributed by atoms with van der Waals surface area (Å²) in [6.45, 7) is 6.31. The summed E-state index contributed by atoms with van der Waals surface area (Å²) in [5.74, 6) is -0.693. The van der Waals surface area contributed by atoms with Crippen LogP contribution in [0.2, 0.25) is 0 Å². The van der Waals surface area contributed by atoms with Crippen molar-refractivity contribution in [2.45, 2.75) is 39.3 Å². The first-order chi connectivity index (χ1) is 14.9. The van der Waals surface area contributed by atoms with Gasteiger partial charge >= 0.3 is 5.97 Å². The molecule has 0 aliphatic heterocycles. The van der Waals surface area contributed by atoms with Gasteiger partial charge < -0.3 is 10.1 Å². The molecule has 6 nitrogen and oxygen atoms in total. The van der Waals surface area contributed by atoms with Gasteiger partial charge in [0.25, 0.3) is 5.91 Å². The molecule has 0 fully saturated rings. The van der Waals surface area contributed by atoms with E-state index < -0.39 is 12.1 Å². The molecule has 3 rings (SSSR count). The fourth-order valence-electron chi connectivity index (χ4n) is 3.10. The molecular weight excluding hydrogens is 390 g/mol. The Kier molecular flexibility index (Phi) is 7.38. The fraction of sp³-hybridized carbons (Fsp3) is 0.240. The Bertz CT molecular complexity index is 1050. The zero-order valence-electron chi connectivity index (χ0n) is 18.0. The van der Waals surface area contributed by atoms with Crippen molar-refractivity contribution in [3.63, 3.8) is 0 Å². The summed E-state index contributed by atoms with van der Waals surface area (Å²) in [6.07, 6.45) is 5.52. The van der Waals surface area contributed by atoms with E-state index in [0.29, 0.717) is 6.54 Å². The van der Waals surface area contributed by atoms with Crippen molar-refractivity contribution in [3.8, 4) is 0 Å². The Hall–Kier alpha value is -3.67. The van der Waals surface area contributed by atoms with E-state index in [-0.39, 0.29) is 11.8 Å². The van der Waals surface area contributed by atoms with E-state index >= 15 is 0 Å². The molecule has 0 saturated heterocycles. The molecule has 1 N–H and O–H groups in total. The quantitative estimate of drug-likeness (QED) is 0.428. The molecule has 0 aliphatic rings. The number of benzene rings is 2. The second-order valence-electron chi connectivity index (χ2n) is 7.60. The lowest BCUT2D eigenvalue weighted by Gasteiger charge is -2.16. The number of anilines is 1. The average Bonchev–Trinajstić information content (AvgIpc) is 3.20. The molecule has 2 aromatic carbocycles. The summed E-state index contributed by atoms with van der Waals surface area (Å²) in [7, 11) is 0. The highest BCUT2D eigenvalue weighted by Gasteiger charge is 2.18. The van der Waals surface area contributed by atoms with Crippen LogP contribution in [0, 0.1) is 0 Å². The van der Waals surface area contributed by atoms with Crippen molar-refractivity contribution >= 4 is 23.6 Å². The maximum Gasteiger partial charge on any atom is 0.331 e. The molecule has 1 atom stereocenters. The van der Waals surface area contributed by atoms with Gasteiger partial charge in [-0.2, -0.15) is 5.10 Å². The third-order valence-electron chi connectivity index (χ3n) is 4.76. The number of para-hydroxylation sites is 1. The van der Waals surface area contributed by atoms with E-state index in [9.17, 15) is 9.59 Å². The van der Waals surface area contributed by atoms with E-state index in [4.69, 9.17) is 4.74 Å². The predicted octanol–water partition coefficient (Wildman–Crippen LogP) is 4.64. The first kappa shape index (κ1) is 22.0. The molecule has 6 heteroatoms. The fourth-order valence-corrected chi connectivity index (χ4v) is 3.10. The van der Waals surface area contributed by atoms with Crippen LogP contribution in [-0.2, 0) is 20.9 Å². The van der Waals surface area contributed by atoms with Crippen LogP contribution in [0.5, 0.6) is 0 Å². The number of rotatable bonds is 8. The van der Waals surface area contributed by atoms with Gasteiger partial charge in [0.2, 0.25) is 0 Å². The Morgan fingerprint density at radius 2 is 1.77 bits per heavy atom. The van der Waals surface area contributed by atoms with Crippen LogP contribution in [0.3, 0.4) is 0 Å². The Labute approximate surface area is 182 Å². The Morgan fingerprint density at radius 1 is 1.06 bits per heavy atom. The lowest BCUT2D eigenvalue weighted by Crippen LogP contribution is -2.29. The van der Waals surface area contributed by atoms with Crippen LogP contribution >= 0.6 is 0 Å². The molecule has 31 heavy (non-hydrogen) atoms. The summed E-state index contributed by atoms with van der Waals surface area (Å²) in [4.78, 5) is 24.6. The minimum Gasteiger partial charge on any atom is -0.449 e. The van der Waals surface area contributed by atoms with Crippen molar-refractivity contribution in [1.29, 1.82) is 0 Å². The number of carbonyl (C=O) groups is 2. The van der Waals surface area contributed by atoms with Gasteiger partial charge in [-0.15, -0.1) is 0 Å². The number of hydrogen-bond donors (Lipinski definition) is 1. The van der Waals surface area contributed by atoms with Gasteiger partial charge in [-0.25, -0.2) is 4.79 Å². The molecule has 0 aliphatic carbocycles. The monoisotopic (exact) mass is 417 g/mol. The number of aromatic nitrogens is 2. The standard InChI is InChI=1S/C25H27N3O3/c1-18(2)22-11-7-8-12-23(22)27-25(30)19(3)31-24(29)14-13-21-15-26-28(17-21)16-20-9-5-4-6-10-20/h4-15,17-19H,16H2,1-3H3,(H,27,30)/b14-13+/t19-/m1/s1. The molecule has 0 unspecified atom stereocenters. The molecule has 1 aromatic heterocycles. The number of esters is 1. The van der Waals surface area contributed by atoms with Crippen LogP contribution in [0.25, 0.3) is 6.08 Å². The topological polar surface area (TPSA) is 73.2 Å². The Balaban J connectivity index is 1.53. The summed E-state index contributed by atoms with van der Waals surface area (Å²) in [5.41, 5.74) is 3.67. The van der Waals surface area contributed by atoms with Gasteiger partial charge in [-0.1, -0.05) is 62.4 Å². The van der Waals surface area contributed by atoms with Gasteiger partial charge in [-0.3, -0.25) is 9.48 Å². The van der Waals surface area contributed by atoms with Crippen molar-refractivity contribution in [3.05, 3.63) is 89.8 Å². The lowest BCUT2D eigenvalue weighted by molar-refractivity contribution is -0.148. The van der Waals surface area contributed by atoms with E-state index in [1.807, 2.05) is 60.8 Å². The van der Waals surface area contributed by atoms with E-state index in [1.165, 1.54) is 6.08 Å². The maximum absolute atomic E-state index is 12.4. The van der Waals surface area contributed by atoms with Gasteiger partial charge in [0, 0.05) is 23.5 Å². The van der Waals surface area contributed by atoms with Crippen LogP contribution in [0.4, 0.5) is 5.69 Å². The number of amides is 1. The van der Waals surface area contributed by atoms with E-state index in [0.717, 1.165) is 22.4 Å². The molecule has 1 amide bonds. The minimum absolute atomic E-state index is 0.264. The molecule has 0 radical (unpaired) electrons. The largest absolute Gasteiger partial charge is 0.449 e. The number of nitrogens with zero attached hydrogens (tertiary/aromatic N) is 2. The second-order valence-corrected chi connectivity index (χ2v) is 7.60. The van der Waals surface area contributed by atoms with Gasteiger partial charge in [-0.05, 0) is 36.1 Å². The predicted molar refractivity (Wildman–Crippen MR) is 122 cm³/mol. The second kappa shape index (κ2) is 10.4. The number of ether oxygens (including phenoxy) is 1. The van der Waals surface area contributed by atoms with Crippen molar-refractivity contribution < 1.29 is 14.3 Å². The molecular formula is C25H27N3O3. The van der Waals surface area contributed by atoms with E-state index in [1.54, 1.807) is 23.9 Å². The van der Waals surface area contributed by atoms with E-state index in [2.05, 4.69) is 24.3 Å². The van der Waals surface area contributed by atoms with Crippen molar-refractivity contribution in [1.82, 2.24) is 9.78 Å². The number of nitrogens with one attached hydrogen (secondary N) is 1. The Morgan fingerprint density at radius 3 is 2.52 bits per heavy atom. The highest BCUT2D eigenvalue weighted by molar-refractivity contribution is 5.97. The van der Waals surface area contributed by atoms with Crippen LogP contribution in [0.1, 0.15) is 43.4 Å². The van der Waals surface area contributed by atoms with Gasteiger partial charge in [0.15, 0.2) is 6.10 Å². The summed E-state index contributed by atoms with van der Waals surface area (Å²) in [5, 5.41) is 7.14. The molecule has 3 aromatic rings. The maximum atomic E-state index is 12.4. The van der Waals surface area contributed by atoms with Crippen LogP contribution in [0.15, 0.2) is 73.1 Å².